The van der Waals surface area contributed by atoms with E-state index in [1.807, 2.05) is 0 Å². The predicted octanol–water partition coefficient (Wildman–Crippen LogP) is 3.96. The highest BCUT2D eigenvalue weighted by Crippen LogP contribution is 2.17. The minimum atomic E-state index is -0.746. The molecule has 0 fully saturated rings. The topological polar surface area (TPSA) is 102 Å². The monoisotopic (exact) mass is 498 g/mol. The first-order valence-corrected chi connectivity index (χ1v) is 11.4. The van der Waals surface area contributed by atoms with Gasteiger partial charge in [-0.15, -0.1) is 0 Å². The fraction of sp³-hybridized carbons (Fsp3) is 0.250. The Balaban J connectivity index is 1.18. The molecule has 0 aromatic heterocycles. The zero-order valence-corrected chi connectivity index (χ0v) is 19.4. The molecule has 2 aliphatic heterocycles. The minimum absolute atomic E-state index is 0.264. The molecule has 0 saturated heterocycles. The van der Waals surface area contributed by atoms with Crippen LogP contribution in [0.5, 0.6) is 0 Å². The summed E-state index contributed by atoms with van der Waals surface area (Å²) in [7, 11) is 0. The summed E-state index contributed by atoms with van der Waals surface area (Å²) in [5.41, 5.74) is 1.37. The van der Waals surface area contributed by atoms with Gasteiger partial charge >= 0.3 is 11.9 Å². The van der Waals surface area contributed by atoms with Crippen LogP contribution in [0, 0.1) is 0 Å². The van der Waals surface area contributed by atoms with Crippen molar-refractivity contribution in [3.8, 4) is 0 Å². The van der Waals surface area contributed by atoms with Crippen LogP contribution < -0.4 is 0 Å². The fourth-order valence-corrected chi connectivity index (χ4v) is 3.37. The molecule has 2 aromatic carbocycles. The van der Waals surface area contributed by atoms with Crippen molar-refractivity contribution in [2.45, 2.75) is 24.9 Å². The molecule has 174 valence electrons. The average Bonchev–Trinajstić information content (AvgIpc) is 3.38. The van der Waals surface area contributed by atoms with Crippen LogP contribution >= 0.6 is 23.2 Å². The van der Waals surface area contributed by atoms with Gasteiger partial charge in [-0.25, -0.2) is 19.6 Å². The van der Waals surface area contributed by atoms with Gasteiger partial charge in [0.15, 0.2) is 12.1 Å². The van der Waals surface area contributed by atoms with Crippen molar-refractivity contribution in [2.75, 3.05) is 13.1 Å². The largest absolute Gasteiger partial charge is 0.405 e. The third-order valence-electron chi connectivity index (χ3n) is 4.89. The van der Waals surface area contributed by atoms with Crippen LogP contribution in [-0.4, -0.2) is 61.3 Å². The molecule has 2 aromatic rings. The highest BCUT2D eigenvalue weighted by atomic mass is 35.5. The lowest BCUT2D eigenvalue weighted by atomic mass is 10.2. The van der Waals surface area contributed by atoms with Gasteiger partial charge in [0, 0.05) is 46.7 Å². The number of cyclic esters (lactones) is 2. The number of benzene rings is 2. The van der Waals surface area contributed by atoms with Crippen molar-refractivity contribution in [3.05, 3.63) is 69.7 Å². The van der Waals surface area contributed by atoms with Crippen molar-refractivity contribution in [1.29, 1.82) is 0 Å². The summed E-state index contributed by atoms with van der Waals surface area (Å²) < 4.78 is 10.4. The maximum atomic E-state index is 12.0. The summed E-state index contributed by atoms with van der Waals surface area (Å²) in [4.78, 5) is 41.0. The van der Waals surface area contributed by atoms with Crippen LogP contribution in [-0.2, 0) is 19.1 Å². The Hall–Kier alpha value is -3.36. The molecule has 2 aliphatic rings. The van der Waals surface area contributed by atoms with E-state index in [0.29, 0.717) is 34.3 Å². The van der Waals surface area contributed by atoms with Gasteiger partial charge < -0.3 is 9.47 Å². The molecule has 10 heteroatoms. The Kier molecular flexibility index (Phi) is 7.82. The zero-order valence-electron chi connectivity index (χ0n) is 17.9. The van der Waals surface area contributed by atoms with Crippen LogP contribution in [0.15, 0.2) is 68.5 Å². The molecular weight excluding hydrogens is 479 g/mol. The van der Waals surface area contributed by atoms with E-state index < -0.39 is 24.0 Å². The van der Waals surface area contributed by atoms with E-state index in [1.54, 1.807) is 48.5 Å². The molecule has 8 nitrogen and oxygen atoms in total. The molecule has 1 unspecified atom stereocenters. The number of halogens is 2. The molecule has 0 spiro atoms. The number of hydrogen-bond donors (Lipinski definition) is 0. The Morgan fingerprint density at radius 3 is 1.47 bits per heavy atom. The highest BCUT2D eigenvalue weighted by molar-refractivity contribution is 6.31. The summed E-state index contributed by atoms with van der Waals surface area (Å²) >= 11 is 11.7. The van der Waals surface area contributed by atoms with Crippen molar-refractivity contribution in [2.24, 2.45) is 20.0 Å². The first-order chi connectivity index (χ1) is 16.5. The maximum absolute atomic E-state index is 12.0. The molecule has 0 N–H and O–H groups in total. The van der Waals surface area contributed by atoms with Crippen LogP contribution in [0.25, 0.3) is 0 Å². The van der Waals surface area contributed by atoms with Crippen LogP contribution in [0.3, 0.4) is 0 Å². The molecule has 0 amide bonds. The second kappa shape index (κ2) is 11.2. The normalized spacial score (nSPS) is 20.1. The Bertz CT molecular complexity index is 1080. The predicted molar refractivity (Wildman–Crippen MR) is 132 cm³/mol. The van der Waals surface area contributed by atoms with E-state index in [9.17, 15) is 9.59 Å². The van der Waals surface area contributed by atoms with Gasteiger partial charge in [0.25, 0.3) is 0 Å². The number of hydrogen-bond acceptors (Lipinski definition) is 8. The Morgan fingerprint density at radius 2 is 1.09 bits per heavy atom. The van der Waals surface area contributed by atoms with E-state index in [0.717, 1.165) is 12.8 Å². The van der Waals surface area contributed by atoms with Crippen molar-refractivity contribution in [1.82, 2.24) is 0 Å². The van der Waals surface area contributed by atoms with Crippen LogP contribution in [0.4, 0.5) is 0 Å². The summed E-state index contributed by atoms with van der Waals surface area (Å²) in [6.45, 7) is 1.05. The van der Waals surface area contributed by atoms with E-state index in [-0.39, 0.29) is 11.8 Å². The van der Waals surface area contributed by atoms with E-state index in [4.69, 9.17) is 32.7 Å². The molecule has 34 heavy (non-hydrogen) atoms. The molecule has 2 heterocycles. The molecule has 2 atom stereocenters. The van der Waals surface area contributed by atoms with E-state index >= 15 is 0 Å². The number of esters is 2. The number of unbranched alkanes of at least 4 members (excludes halogenated alkanes) is 1. The first-order valence-electron chi connectivity index (χ1n) is 10.6. The smallest absolute Gasteiger partial charge is 0.343 e. The van der Waals surface area contributed by atoms with E-state index in [1.165, 1.54) is 12.4 Å². The fourth-order valence-electron chi connectivity index (χ4n) is 3.12. The lowest BCUT2D eigenvalue weighted by molar-refractivity contribution is -0.134. The SMILES string of the molecule is O=C1OC(c2ccc(Cl)cc2)=NC1C=NCCCCN=C[C@@H]1N=C(c2ccc(Cl)cc2)OC1=O. The van der Waals surface area contributed by atoms with Crippen molar-refractivity contribution in [3.63, 3.8) is 0 Å². The summed E-state index contributed by atoms with van der Waals surface area (Å²) in [5.74, 6) is -0.389. The highest BCUT2D eigenvalue weighted by Gasteiger charge is 2.29. The van der Waals surface area contributed by atoms with Crippen molar-refractivity contribution >= 4 is 59.4 Å². The summed E-state index contributed by atoms with van der Waals surface area (Å²) in [5, 5.41) is 1.18. The quantitative estimate of drug-likeness (QED) is 0.296. The molecule has 0 radical (unpaired) electrons. The van der Waals surface area contributed by atoms with Gasteiger partial charge in [-0.1, -0.05) is 23.2 Å². The second-order valence-electron chi connectivity index (χ2n) is 7.43. The van der Waals surface area contributed by atoms with Crippen molar-refractivity contribution < 1.29 is 19.1 Å². The average molecular weight is 499 g/mol. The van der Waals surface area contributed by atoms with Gasteiger partial charge in [0.2, 0.25) is 11.8 Å². The standard InChI is InChI=1S/C24H20Cl2N4O4/c25-17-7-3-15(4-8-17)21-29-19(23(31)33-21)13-27-11-1-2-12-28-14-20-24(32)34-22(30-20)16-5-9-18(26)10-6-16/h3-10,13-14,19-20H,1-2,11-12H2/t19-,20?/m0/s1. The number of nitrogens with zero attached hydrogens (tertiary/aromatic N) is 4. The third kappa shape index (κ3) is 6.15. The van der Waals surface area contributed by atoms with Gasteiger partial charge in [-0.2, -0.15) is 0 Å². The number of carbonyl (C=O) groups excluding carboxylic acids is 2. The minimum Gasteiger partial charge on any atom is -0.405 e. The molecule has 4 rings (SSSR count). The van der Waals surface area contributed by atoms with Gasteiger partial charge in [0.1, 0.15) is 0 Å². The van der Waals surface area contributed by atoms with Gasteiger partial charge in [0.05, 0.1) is 0 Å². The zero-order chi connectivity index (χ0) is 23.9. The third-order valence-corrected chi connectivity index (χ3v) is 5.39. The first kappa shape index (κ1) is 23.8. The summed E-state index contributed by atoms with van der Waals surface area (Å²) in [6, 6.07) is 12.3. The maximum Gasteiger partial charge on any atom is 0.343 e. The second-order valence-corrected chi connectivity index (χ2v) is 8.30. The molecule has 0 aliphatic carbocycles. The Morgan fingerprint density at radius 1 is 0.706 bits per heavy atom. The number of ether oxygens (including phenoxy) is 2. The van der Waals surface area contributed by atoms with Gasteiger partial charge in [-0.3, -0.25) is 9.98 Å². The molecule has 0 bridgehead atoms. The lowest BCUT2D eigenvalue weighted by Gasteiger charge is -1.99. The molecular formula is C24H20Cl2N4O4. The number of aliphatic imine (C=N–C) groups is 4. The van der Waals surface area contributed by atoms with E-state index in [2.05, 4.69) is 20.0 Å². The van der Waals surface area contributed by atoms with Crippen LogP contribution in [0.1, 0.15) is 24.0 Å². The number of rotatable bonds is 9. The molecule has 0 saturated carbocycles. The van der Waals surface area contributed by atoms with Gasteiger partial charge in [-0.05, 0) is 61.4 Å². The number of carbonyl (C=O) groups is 2. The lowest BCUT2D eigenvalue weighted by Crippen LogP contribution is -2.16. The van der Waals surface area contributed by atoms with Crippen LogP contribution in [0.2, 0.25) is 10.0 Å². The summed E-state index contributed by atoms with van der Waals surface area (Å²) in [6.07, 6.45) is 4.52. The Labute approximate surface area is 206 Å².